The Morgan fingerprint density at radius 1 is 1.22 bits per heavy atom. The lowest BCUT2D eigenvalue weighted by atomic mass is 9.91. The van der Waals surface area contributed by atoms with Gasteiger partial charge in [0, 0.05) is 44.2 Å². The van der Waals surface area contributed by atoms with E-state index in [1.54, 1.807) is 17.1 Å². The minimum Gasteiger partial charge on any atom is -0.416 e. The summed E-state index contributed by atoms with van der Waals surface area (Å²) in [4.78, 5) is 23.1. The maximum Gasteiger partial charge on any atom is 0.306 e. The van der Waals surface area contributed by atoms with Crippen molar-refractivity contribution in [3.63, 3.8) is 0 Å². The number of benzene rings is 1. The number of primary amides is 1. The third-order valence-corrected chi connectivity index (χ3v) is 6.88. The molecule has 12 nitrogen and oxygen atoms in total. The minimum absolute atomic E-state index is 0.148. The summed E-state index contributed by atoms with van der Waals surface area (Å²) in [6.07, 6.45) is 7.10. The van der Waals surface area contributed by atoms with Crippen molar-refractivity contribution in [1.29, 1.82) is 0 Å². The minimum atomic E-state index is -0.730. The van der Waals surface area contributed by atoms with Crippen LogP contribution in [0.2, 0.25) is 0 Å². The van der Waals surface area contributed by atoms with Gasteiger partial charge in [0.1, 0.15) is 0 Å². The van der Waals surface area contributed by atoms with Crippen molar-refractivity contribution in [2.45, 2.75) is 31.3 Å². The van der Waals surface area contributed by atoms with Crippen molar-refractivity contribution in [3.05, 3.63) is 65.8 Å². The van der Waals surface area contributed by atoms with Crippen LogP contribution in [0, 0.1) is 0 Å². The molecule has 1 saturated heterocycles. The van der Waals surface area contributed by atoms with Gasteiger partial charge in [-0.1, -0.05) is 12.1 Å². The molecule has 1 amide bonds. The Labute approximate surface area is 212 Å². The fraction of sp³-hybridized carbons (Fsp3) is 0.360. The number of hydrogen-bond donors (Lipinski definition) is 2. The number of carbonyl (C=O) groups is 1. The summed E-state index contributed by atoms with van der Waals surface area (Å²) in [6, 6.07) is 8.55. The predicted octanol–water partition coefficient (Wildman–Crippen LogP) is 2.23. The molecule has 6 rings (SSSR count). The Morgan fingerprint density at radius 3 is 2.89 bits per heavy atom. The first-order chi connectivity index (χ1) is 18.0. The third-order valence-electron chi connectivity index (χ3n) is 6.88. The van der Waals surface area contributed by atoms with Gasteiger partial charge in [-0.25, -0.2) is 9.97 Å². The Balaban J connectivity index is 1.35. The highest BCUT2D eigenvalue weighted by Gasteiger charge is 2.32. The van der Waals surface area contributed by atoms with E-state index in [1.165, 1.54) is 0 Å². The number of anilines is 2. The van der Waals surface area contributed by atoms with Gasteiger partial charge < -0.3 is 20.2 Å². The lowest BCUT2D eigenvalue weighted by molar-refractivity contribution is 0.0964. The monoisotopic (exact) mass is 501 g/mol. The van der Waals surface area contributed by atoms with E-state index in [0.717, 1.165) is 67.2 Å². The number of fused-ring (bicyclic) bond motifs is 1. The van der Waals surface area contributed by atoms with Gasteiger partial charge in [-0.2, -0.15) is 5.10 Å². The number of carbonyl (C=O) groups excluding carboxylic acids is 1. The van der Waals surface area contributed by atoms with Crippen LogP contribution >= 0.6 is 0 Å². The van der Waals surface area contributed by atoms with Gasteiger partial charge in [0.2, 0.25) is 11.8 Å². The van der Waals surface area contributed by atoms with Crippen LogP contribution in [0.15, 0.2) is 47.3 Å². The van der Waals surface area contributed by atoms with Crippen LogP contribution in [-0.2, 0) is 18.3 Å². The quantitative estimate of drug-likeness (QED) is 0.402. The van der Waals surface area contributed by atoms with Gasteiger partial charge in [0.05, 0.1) is 30.1 Å². The van der Waals surface area contributed by atoms with E-state index in [2.05, 4.69) is 42.6 Å². The molecule has 12 heteroatoms. The largest absolute Gasteiger partial charge is 0.416 e. The molecule has 0 spiro atoms. The van der Waals surface area contributed by atoms with Gasteiger partial charge in [-0.15, -0.1) is 10.2 Å². The normalized spacial score (nSPS) is 19.9. The molecule has 1 aromatic carbocycles. The zero-order valence-electron chi connectivity index (χ0n) is 20.4. The van der Waals surface area contributed by atoms with E-state index in [9.17, 15) is 4.79 Å². The van der Waals surface area contributed by atoms with E-state index in [4.69, 9.17) is 19.9 Å². The highest BCUT2D eigenvalue weighted by atomic mass is 16.5. The van der Waals surface area contributed by atoms with Crippen molar-refractivity contribution in [1.82, 2.24) is 34.8 Å². The summed E-state index contributed by atoms with van der Waals surface area (Å²) in [7, 11) is 1.86. The fourth-order valence-corrected chi connectivity index (χ4v) is 5.04. The lowest BCUT2D eigenvalue weighted by Crippen LogP contribution is -2.35. The van der Waals surface area contributed by atoms with Crippen LogP contribution in [0.4, 0.5) is 11.6 Å². The molecule has 3 aromatic heterocycles. The van der Waals surface area contributed by atoms with E-state index in [1.807, 2.05) is 25.4 Å². The number of hydrogen-bond acceptors (Lipinski definition) is 10. The van der Waals surface area contributed by atoms with E-state index in [-0.39, 0.29) is 11.8 Å². The summed E-state index contributed by atoms with van der Waals surface area (Å²) < 4.78 is 13.1. The second-order valence-corrected chi connectivity index (χ2v) is 9.35. The third kappa shape index (κ3) is 4.80. The standard InChI is InChI=1S/C25H27N9O3/c1-33-13-17(11-28-33)29-25-27-7-4-21(30-25)15-2-3-19-16(10-15)12-34(18-6-9-36-14-18)8-5-20(19)23-31-32-24(37-23)22(26)35/h2-4,7,10-11,13,18,20H,5-6,8-9,12,14H2,1H3,(H2,26,35)(H,27,29,30)/t18-,20-/m0/s1. The Morgan fingerprint density at radius 2 is 2.14 bits per heavy atom. The summed E-state index contributed by atoms with van der Waals surface area (Å²) in [5, 5.41) is 15.4. The summed E-state index contributed by atoms with van der Waals surface area (Å²) in [5.41, 5.74) is 10.2. The second kappa shape index (κ2) is 9.71. The van der Waals surface area contributed by atoms with E-state index >= 15 is 0 Å². The van der Waals surface area contributed by atoms with Gasteiger partial charge in [0.25, 0.3) is 0 Å². The summed E-state index contributed by atoms with van der Waals surface area (Å²) in [5.74, 6) is -0.157. The Hall–Kier alpha value is -4.16. The van der Waals surface area contributed by atoms with Gasteiger partial charge >= 0.3 is 11.8 Å². The molecular weight excluding hydrogens is 474 g/mol. The Kier molecular flexibility index (Phi) is 6.10. The average molecular weight is 502 g/mol. The molecule has 3 N–H and O–H groups in total. The molecule has 0 aliphatic carbocycles. The number of amides is 1. The Bertz CT molecular complexity index is 1430. The molecular formula is C25H27N9O3. The molecule has 190 valence electrons. The number of ether oxygens (including phenoxy) is 1. The van der Waals surface area contributed by atoms with Crippen molar-refractivity contribution < 1.29 is 13.9 Å². The number of aromatic nitrogens is 6. The van der Waals surface area contributed by atoms with E-state index in [0.29, 0.717) is 17.9 Å². The summed E-state index contributed by atoms with van der Waals surface area (Å²) >= 11 is 0. The number of aryl methyl sites for hydroxylation is 1. The van der Waals surface area contributed by atoms with Crippen LogP contribution in [0.5, 0.6) is 0 Å². The lowest BCUT2D eigenvalue weighted by Gasteiger charge is -2.26. The molecule has 4 aromatic rings. The molecule has 5 heterocycles. The first-order valence-corrected chi connectivity index (χ1v) is 12.2. The zero-order chi connectivity index (χ0) is 25.4. The first kappa shape index (κ1) is 23.3. The van der Waals surface area contributed by atoms with Crippen LogP contribution in [0.25, 0.3) is 11.3 Å². The highest BCUT2D eigenvalue weighted by molar-refractivity contribution is 5.87. The van der Waals surface area contributed by atoms with Crippen LogP contribution in [-0.4, -0.2) is 66.6 Å². The van der Waals surface area contributed by atoms with E-state index < -0.39 is 5.91 Å². The SMILES string of the molecule is Cn1cc(Nc2nccc(-c3ccc4c(c3)CN([C@H]3CCOC3)CC[C@@H]4c3nnc(C(N)=O)o3)n2)cn1. The molecule has 0 saturated carbocycles. The molecule has 2 aliphatic rings. The molecule has 2 aliphatic heterocycles. The maximum atomic E-state index is 11.6. The first-order valence-electron chi connectivity index (χ1n) is 12.2. The van der Waals surface area contributed by atoms with Crippen LogP contribution in [0.3, 0.4) is 0 Å². The maximum absolute atomic E-state index is 11.6. The number of nitrogens with two attached hydrogens (primary N) is 1. The molecule has 1 fully saturated rings. The average Bonchev–Trinajstić information content (AvgIpc) is 3.65. The zero-order valence-corrected chi connectivity index (χ0v) is 20.4. The van der Waals surface area contributed by atoms with Crippen LogP contribution < -0.4 is 11.1 Å². The van der Waals surface area contributed by atoms with Gasteiger partial charge in [0.15, 0.2) is 0 Å². The van der Waals surface area contributed by atoms with Crippen molar-refractivity contribution >= 4 is 17.5 Å². The molecule has 0 bridgehead atoms. The number of nitrogens with zero attached hydrogens (tertiary/aromatic N) is 7. The van der Waals surface area contributed by atoms with Crippen LogP contribution in [0.1, 0.15) is 46.5 Å². The van der Waals surface area contributed by atoms with Crippen molar-refractivity contribution in [3.8, 4) is 11.3 Å². The predicted molar refractivity (Wildman–Crippen MR) is 133 cm³/mol. The van der Waals surface area contributed by atoms with Crippen molar-refractivity contribution in [2.75, 3.05) is 25.1 Å². The summed E-state index contributed by atoms with van der Waals surface area (Å²) in [6.45, 7) is 3.10. The topological polar surface area (TPSA) is 150 Å². The smallest absolute Gasteiger partial charge is 0.306 e. The fourth-order valence-electron chi connectivity index (χ4n) is 5.04. The molecule has 37 heavy (non-hydrogen) atoms. The molecule has 2 atom stereocenters. The molecule has 0 radical (unpaired) electrons. The number of nitrogens with one attached hydrogen (secondary N) is 1. The second-order valence-electron chi connectivity index (χ2n) is 9.35. The van der Waals surface area contributed by atoms with Gasteiger partial charge in [-0.05, 0) is 42.6 Å². The van der Waals surface area contributed by atoms with Gasteiger partial charge in [-0.3, -0.25) is 14.4 Å². The number of rotatable bonds is 6. The van der Waals surface area contributed by atoms with Crippen molar-refractivity contribution in [2.24, 2.45) is 12.8 Å². The molecule has 0 unspecified atom stereocenters. The highest BCUT2D eigenvalue weighted by Crippen LogP contribution is 2.36.